The van der Waals surface area contributed by atoms with Crippen molar-refractivity contribution in [2.75, 3.05) is 13.1 Å². The average Bonchev–Trinajstić information content (AvgIpc) is 3.32. The molecule has 0 spiro atoms. The molecule has 1 saturated heterocycles. The van der Waals surface area contributed by atoms with E-state index in [0.29, 0.717) is 29.5 Å². The first-order valence-electron chi connectivity index (χ1n) is 10.3. The van der Waals surface area contributed by atoms with Crippen molar-refractivity contribution in [1.82, 2.24) is 24.2 Å². The number of aryl methyl sites for hydroxylation is 1. The summed E-state index contributed by atoms with van der Waals surface area (Å²) in [6, 6.07) is 17.0. The molecule has 158 valence electrons. The zero-order valence-electron chi connectivity index (χ0n) is 17.1. The van der Waals surface area contributed by atoms with E-state index < -0.39 is 0 Å². The highest BCUT2D eigenvalue weighted by atomic mass is 35.5. The van der Waals surface area contributed by atoms with Crippen molar-refractivity contribution in [3.05, 3.63) is 75.8 Å². The number of fused-ring (bicyclic) bond motifs is 1. The molecule has 0 unspecified atom stereocenters. The molecule has 1 fully saturated rings. The van der Waals surface area contributed by atoms with E-state index in [-0.39, 0.29) is 17.6 Å². The van der Waals surface area contributed by atoms with E-state index in [1.165, 1.54) is 0 Å². The lowest BCUT2D eigenvalue weighted by Crippen LogP contribution is -2.41. The molecular weight excluding hydrogens is 414 g/mol. The van der Waals surface area contributed by atoms with Crippen LogP contribution in [0.1, 0.15) is 29.4 Å². The number of hydrogen-bond acceptors (Lipinski definition) is 3. The molecule has 1 aliphatic heterocycles. The second-order valence-corrected chi connectivity index (χ2v) is 8.27. The molecule has 0 radical (unpaired) electrons. The second-order valence-electron chi connectivity index (χ2n) is 7.86. The topological polar surface area (TPSA) is 75.9 Å². The number of likely N-dealkylation sites (tertiary alicyclic amines) is 1. The number of benzene rings is 2. The van der Waals surface area contributed by atoms with Gasteiger partial charge in [0.25, 0.3) is 5.91 Å². The Hall–Kier alpha value is -3.32. The molecule has 4 aromatic rings. The summed E-state index contributed by atoms with van der Waals surface area (Å²) in [5, 5.41) is 5.10. The number of carbonyl (C=O) groups excluding carboxylic acids is 1. The lowest BCUT2D eigenvalue weighted by Gasteiger charge is -2.32. The van der Waals surface area contributed by atoms with E-state index in [1.807, 2.05) is 58.0 Å². The molecule has 5 rings (SSSR count). The van der Waals surface area contributed by atoms with Gasteiger partial charge in [-0.1, -0.05) is 41.9 Å². The lowest BCUT2D eigenvalue weighted by molar-refractivity contribution is 0.0684. The predicted molar refractivity (Wildman–Crippen MR) is 120 cm³/mol. The van der Waals surface area contributed by atoms with Gasteiger partial charge in [-0.05, 0) is 37.1 Å². The number of rotatable bonds is 3. The van der Waals surface area contributed by atoms with Gasteiger partial charge in [-0.2, -0.15) is 5.10 Å². The van der Waals surface area contributed by atoms with Gasteiger partial charge in [-0.3, -0.25) is 14.0 Å². The maximum atomic E-state index is 13.2. The molecule has 1 N–H and O–H groups in total. The van der Waals surface area contributed by atoms with Crippen molar-refractivity contribution in [2.24, 2.45) is 7.05 Å². The number of nitrogens with zero attached hydrogens (tertiary/aromatic N) is 4. The fourth-order valence-electron chi connectivity index (χ4n) is 4.39. The number of aromatic nitrogens is 4. The number of hydrogen-bond donors (Lipinski definition) is 1. The van der Waals surface area contributed by atoms with Gasteiger partial charge in [0, 0.05) is 31.7 Å². The Morgan fingerprint density at radius 3 is 2.58 bits per heavy atom. The van der Waals surface area contributed by atoms with Crippen LogP contribution in [-0.2, 0) is 7.05 Å². The van der Waals surface area contributed by atoms with Gasteiger partial charge < -0.3 is 9.88 Å². The van der Waals surface area contributed by atoms with Crippen molar-refractivity contribution in [3.8, 4) is 11.3 Å². The highest BCUT2D eigenvalue weighted by molar-refractivity contribution is 6.33. The summed E-state index contributed by atoms with van der Waals surface area (Å²) in [5.74, 6) is -0.0574. The zero-order chi connectivity index (χ0) is 21.5. The van der Waals surface area contributed by atoms with E-state index in [4.69, 9.17) is 11.6 Å². The fourth-order valence-corrected chi connectivity index (χ4v) is 4.63. The van der Waals surface area contributed by atoms with Gasteiger partial charge in [0.05, 0.1) is 21.7 Å². The van der Waals surface area contributed by atoms with Crippen LogP contribution in [0.2, 0.25) is 5.02 Å². The zero-order valence-corrected chi connectivity index (χ0v) is 17.8. The van der Waals surface area contributed by atoms with Crippen LogP contribution in [-0.4, -0.2) is 43.2 Å². The summed E-state index contributed by atoms with van der Waals surface area (Å²) in [6.07, 6.45) is 1.45. The first kappa shape index (κ1) is 19.6. The Labute approximate surface area is 183 Å². The maximum Gasteiger partial charge on any atom is 0.326 e. The van der Waals surface area contributed by atoms with Crippen LogP contribution in [0.5, 0.6) is 0 Å². The number of para-hydroxylation sites is 2. The van der Waals surface area contributed by atoms with Gasteiger partial charge in [0.1, 0.15) is 5.69 Å². The third-order valence-electron chi connectivity index (χ3n) is 5.99. The maximum absolute atomic E-state index is 13.2. The molecule has 0 bridgehead atoms. The fraction of sp³-hybridized carbons (Fsp3) is 0.261. The normalized spacial score (nSPS) is 15.0. The minimum absolute atomic E-state index is 0.0574. The molecule has 8 heteroatoms. The molecule has 1 aliphatic rings. The first-order chi connectivity index (χ1) is 15.0. The van der Waals surface area contributed by atoms with Crippen LogP contribution >= 0.6 is 11.6 Å². The largest absolute Gasteiger partial charge is 0.337 e. The summed E-state index contributed by atoms with van der Waals surface area (Å²) in [7, 11) is 1.77. The van der Waals surface area contributed by atoms with Crippen LogP contribution in [0.3, 0.4) is 0 Å². The number of aromatic amines is 1. The average molecular weight is 436 g/mol. The van der Waals surface area contributed by atoms with Crippen molar-refractivity contribution >= 4 is 28.5 Å². The third kappa shape index (κ3) is 3.45. The summed E-state index contributed by atoms with van der Waals surface area (Å²) in [4.78, 5) is 30.4. The lowest BCUT2D eigenvalue weighted by atomic mass is 10.0. The van der Waals surface area contributed by atoms with Crippen molar-refractivity contribution < 1.29 is 4.79 Å². The minimum Gasteiger partial charge on any atom is -0.337 e. The van der Waals surface area contributed by atoms with Gasteiger partial charge in [0.2, 0.25) is 0 Å². The van der Waals surface area contributed by atoms with Gasteiger partial charge >= 0.3 is 5.69 Å². The van der Waals surface area contributed by atoms with Crippen LogP contribution in [0.25, 0.3) is 22.3 Å². The van der Waals surface area contributed by atoms with Gasteiger partial charge in [-0.25, -0.2) is 4.79 Å². The van der Waals surface area contributed by atoms with Crippen LogP contribution < -0.4 is 5.69 Å². The van der Waals surface area contributed by atoms with E-state index >= 15 is 0 Å². The number of halogens is 1. The summed E-state index contributed by atoms with van der Waals surface area (Å²) >= 11 is 6.29. The van der Waals surface area contributed by atoms with Crippen molar-refractivity contribution in [1.29, 1.82) is 0 Å². The van der Waals surface area contributed by atoms with Crippen LogP contribution in [0.15, 0.2) is 59.4 Å². The van der Waals surface area contributed by atoms with Gasteiger partial charge in [0.15, 0.2) is 0 Å². The molecule has 2 aromatic heterocycles. The quantitative estimate of drug-likeness (QED) is 0.531. The first-order valence-corrected chi connectivity index (χ1v) is 10.7. The highest BCUT2D eigenvalue weighted by Crippen LogP contribution is 2.29. The minimum atomic E-state index is -0.0954. The summed E-state index contributed by atoms with van der Waals surface area (Å²) in [6.45, 7) is 1.17. The number of piperidine rings is 1. The number of H-pyrrole nitrogens is 1. The Morgan fingerprint density at radius 1 is 1.10 bits per heavy atom. The van der Waals surface area contributed by atoms with Crippen molar-refractivity contribution in [3.63, 3.8) is 0 Å². The molecule has 0 saturated carbocycles. The Kier molecular flexibility index (Phi) is 4.90. The number of carbonyl (C=O) groups is 1. The molecule has 1 amide bonds. The van der Waals surface area contributed by atoms with E-state index in [1.54, 1.807) is 17.8 Å². The number of amides is 1. The molecule has 3 heterocycles. The van der Waals surface area contributed by atoms with Gasteiger partial charge in [-0.15, -0.1) is 0 Å². The summed E-state index contributed by atoms with van der Waals surface area (Å²) in [5.41, 5.74) is 3.66. The monoisotopic (exact) mass is 435 g/mol. The Morgan fingerprint density at radius 2 is 1.81 bits per heavy atom. The van der Waals surface area contributed by atoms with E-state index in [0.717, 1.165) is 29.4 Å². The molecule has 0 aliphatic carbocycles. The van der Waals surface area contributed by atoms with E-state index in [9.17, 15) is 9.59 Å². The Bertz CT molecular complexity index is 1330. The SMILES string of the molecule is Cn1nc(-c2ccccc2Cl)cc1C(=O)N1CCC(n2c(=O)[nH]c3ccccc32)CC1. The predicted octanol–water partition coefficient (Wildman–Crippen LogP) is 3.86. The summed E-state index contributed by atoms with van der Waals surface area (Å²) < 4.78 is 3.44. The molecular formula is C23H22ClN5O2. The molecule has 31 heavy (non-hydrogen) atoms. The highest BCUT2D eigenvalue weighted by Gasteiger charge is 2.28. The van der Waals surface area contributed by atoms with E-state index in [2.05, 4.69) is 10.1 Å². The number of imidazole rings is 1. The molecule has 0 atom stereocenters. The van der Waals surface area contributed by atoms with Crippen molar-refractivity contribution in [2.45, 2.75) is 18.9 Å². The van der Waals surface area contributed by atoms with Crippen LogP contribution in [0.4, 0.5) is 0 Å². The second kappa shape index (κ2) is 7.74. The Balaban J connectivity index is 1.34. The number of nitrogens with one attached hydrogen (secondary N) is 1. The van der Waals surface area contributed by atoms with Crippen LogP contribution in [0, 0.1) is 0 Å². The smallest absolute Gasteiger partial charge is 0.326 e. The molecule has 2 aromatic carbocycles. The third-order valence-corrected chi connectivity index (χ3v) is 6.32. The molecule has 7 nitrogen and oxygen atoms in total. The standard InChI is InChI=1S/C23H22ClN5O2/c1-27-21(14-19(26-27)16-6-2-3-7-17(16)24)22(30)28-12-10-15(11-13-28)29-20-9-5-4-8-18(20)25-23(29)31/h2-9,14-15H,10-13H2,1H3,(H,25,31).